The summed E-state index contributed by atoms with van der Waals surface area (Å²) in [6, 6.07) is 13.7. The highest BCUT2D eigenvalue weighted by atomic mass is 16.5. The summed E-state index contributed by atoms with van der Waals surface area (Å²) in [4.78, 5) is 37.0. The van der Waals surface area contributed by atoms with E-state index in [2.05, 4.69) is 0 Å². The van der Waals surface area contributed by atoms with E-state index in [9.17, 15) is 14.4 Å². The number of hydrogen-bond donors (Lipinski definition) is 0. The molecule has 0 fully saturated rings. The Balaban J connectivity index is 1.93. The third kappa shape index (κ3) is 3.18. The Hall–Kier alpha value is -2.95. The topological polar surface area (TPSA) is 69.7 Å². The highest BCUT2D eigenvalue weighted by Crippen LogP contribution is 2.35. The SMILES string of the molecule is CCOC(=O)C(C)c1ccc2c(c1)OC(=O)C(c1ccccc1)C2=O. The van der Waals surface area contributed by atoms with Crippen molar-refractivity contribution in [3.8, 4) is 5.75 Å². The summed E-state index contributed by atoms with van der Waals surface area (Å²) < 4.78 is 10.4. The van der Waals surface area contributed by atoms with E-state index < -0.39 is 17.8 Å². The van der Waals surface area contributed by atoms with Gasteiger partial charge in [0.25, 0.3) is 0 Å². The van der Waals surface area contributed by atoms with E-state index in [0.29, 0.717) is 23.3 Å². The van der Waals surface area contributed by atoms with Gasteiger partial charge in [-0.25, -0.2) is 0 Å². The van der Waals surface area contributed by atoms with E-state index in [1.807, 2.05) is 6.07 Å². The maximum absolute atomic E-state index is 12.8. The van der Waals surface area contributed by atoms with Crippen LogP contribution in [0.3, 0.4) is 0 Å². The van der Waals surface area contributed by atoms with Crippen molar-refractivity contribution >= 4 is 17.7 Å². The fraction of sp³-hybridized carbons (Fsp3) is 0.250. The number of rotatable bonds is 4. The normalized spacial score (nSPS) is 17.4. The Bertz CT molecular complexity index is 825. The smallest absolute Gasteiger partial charge is 0.326 e. The molecule has 0 N–H and O–H groups in total. The zero-order chi connectivity index (χ0) is 18.0. The highest BCUT2D eigenvalue weighted by Gasteiger charge is 2.38. The minimum absolute atomic E-state index is 0.191. The molecule has 128 valence electrons. The van der Waals surface area contributed by atoms with Crippen LogP contribution in [0.4, 0.5) is 0 Å². The molecule has 3 rings (SSSR count). The van der Waals surface area contributed by atoms with Gasteiger partial charge in [0.1, 0.15) is 11.7 Å². The van der Waals surface area contributed by atoms with Gasteiger partial charge in [-0.05, 0) is 37.1 Å². The first-order valence-electron chi connectivity index (χ1n) is 8.14. The molecule has 0 bridgehead atoms. The summed E-state index contributed by atoms with van der Waals surface area (Å²) >= 11 is 0. The summed E-state index contributed by atoms with van der Waals surface area (Å²) in [5, 5.41) is 0. The van der Waals surface area contributed by atoms with Gasteiger partial charge >= 0.3 is 11.9 Å². The van der Waals surface area contributed by atoms with Crippen LogP contribution in [0, 0.1) is 0 Å². The third-order valence-corrected chi connectivity index (χ3v) is 4.25. The number of Topliss-reactive ketones (excluding diaryl/α,β-unsaturated/α-hetero) is 1. The van der Waals surface area contributed by atoms with Crippen LogP contribution in [-0.2, 0) is 14.3 Å². The molecule has 0 spiro atoms. The highest BCUT2D eigenvalue weighted by molar-refractivity contribution is 6.17. The zero-order valence-corrected chi connectivity index (χ0v) is 14.0. The van der Waals surface area contributed by atoms with Crippen LogP contribution >= 0.6 is 0 Å². The summed E-state index contributed by atoms with van der Waals surface area (Å²) in [5.41, 5.74) is 1.58. The minimum Gasteiger partial charge on any atom is -0.466 e. The van der Waals surface area contributed by atoms with E-state index >= 15 is 0 Å². The van der Waals surface area contributed by atoms with Crippen molar-refractivity contribution in [1.29, 1.82) is 0 Å². The van der Waals surface area contributed by atoms with Gasteiger partial charge in [0.15, 0.2) is 5.78 Å². The molecular formula is C20H18O5. The van der Waals surface area contributed by atoms with E-state index in [-0.39, 0.29) is 17.5 Å². The van der Waals surface area contributed by atoms with Crippen molar-refractivity contribution < 1.29 is 23.9 Å². The second kappa shape index (κ2) is 6.89. The van der Waals surface area contributed by atoms with Gasteiger partial charge in [0, 0.05) is 0 Å². The number of ether oxygens (including phenoxy) is 2. The van der Waals surface area contributed by atoms with E-state index in [1.54, 1.807) is 56.3 Å². The third-order valence-electron chi connectivity index (χ3n) is 4.25. The lowest BCUT2D eigenvalue weighted by molar-refractivity contribution is -0.144. The standard InChI is InChI=1S/C20H18O5/c1-3-24-19(22)12(2)14-9-10-15-16(11-14)25-20(23)17(18(15)21)13-7-5-4-6-8-13/h4-12,17H,3H2,1-2H3. The van der Waals surface area contributed by atoms with E-state index in [4.69, 9.17) is 9.47 Å². The molecule has 5 nitrogen and oxygen atoms in total. The number of hydrogen-bond acceptors (Lipinski definition) is 5. The molecule has 25 heavy (non-hydrogen) atoms. The van der Waals surface area contributed by atoms with Crippen molar-refractivity contribution in [1.82, 2.24) is 0 Å². The monoisotopic (exact) mass is 338 g/mol. The van der Waals surface area contributed by atoms with Crippen LogP contribution in [0.25, 0.3) is 0 Å². The van der Waals surface area contributed by atoms with Crippen molar-refractivity contribution in [3.63, 3.8) is 0 Å². The van der Waals surface area contributed by atoms with Crippen LogP contribution in [0.1, 0.15) is 47.2 Å². The molecule has 0 aromatic heterocycles. The van der Waals surface area contributed by atoms with Crippen LogP contribution in [0.2, 0.25) is 0 Å². The lowest BCUT2D eigenvalue weighted by atomic mass is 9.87. The van der Waals surface area contributed by atoms with Crippen molar-refractivity contribution in [3.05, 3.63) is 65.2 Å². The zero-order valence-electron chi connectivity index (χ0n) is 14.0. The van der Waals surface area contributed by atoms with E-state index in [0.717, 1.165) is 0 Å². The number of fused-ring (bicyclic) bond motifs is 1. The molecule has 1 aliphatic rings. The van der Waals surface area contributed by atoms with Crippen molar-refractivity contribution in [2.45, 2.75) is 25.7 Å². The number of ketones is 1. The molecule has 0 saturated heterocycles. The first-order chi connectivity index (χ1) is 12.0. The second-order valence-corrected chi connectivity index (χ2v) is 5.86. The largest absolute Gasteiger partial charge is 0.466 e. The molecule has 2 unspecified atom stereocenters. The van der Waals surface area contributed by atoms with Gasteiger partial charge in [0.2, 0.25) is 0 Å². The van der Waals surface area contributed by atoms with Gasteiger partial charge in [-0.1, -0.05) is 36.4 Å². The maximum atomic E-state index is 12.8. The molecule has 0 saturated carbocycles. The average molecular weight is 338 g/mol. The predicted molar refractivity (Wildman–Crippen MR) is 90.6 cm³/mol. The molecule has 0 amide bonds. The predicted octanol–water partition coefficient (Wildman–Crippen LogP) is 3.24. The van der Waals surface area contributed by atoms with Crippen LogP contribution in [0.5, 0.6) is 5.75 Å². The molecule has 0 radical (unpaired) electrons. The number of benzene rings is 2. The fourth-order valence-corrected chi connectivity index (χ4v) is 2.86. The van der Waals surface area contributed by atoms with Crippen molar-refractivity contribution in [2.24, 2.45) is 0 Å². The fourth-order valence-electron chi connectivity index (χ4n) is 2.86. The summed E-state index contributed by atoms with van der Waals surface area (Å²) in [6.45, 7) is 3.74. The first-order valence-corrected chi connectivity index (χ1v) is 8.14. The van der Waals surface area contributed by atoms with E-state index in [1.165, 1.54) is 0 Å². The van der Waals surface area contributed by atoms with Gasteiger partial charge in [0.05, 0.1) is 18.1 Å². The molecule has 5 heteroatoms. The van der Waals surface area contributed by atoms with Gasteiger partial charge in [-0.2, -0.15) is 0 Å². The Morgan fingerprint density at radius 3 is 2.56 bits per heavy atom. The summed E-state index contributed by atoms with van der Waals surface area (Å²) in [7, 11) is 0. The summed E-state index contributed by atoms with van der Waals surface area (Å²) in [6.07, 6.45) is 0. The molecule has 2 atom stereocenters. The van der Waals surface area contributed by atoms with Gasteiger partial charge in [-0.3, -0.25) is 14.4 Å². The molecule has 1 aliphatic heterocycles. The lowest BCUT2D eigenvalue weighted by Crippen LogP contribution is -2.31. The molecule has 2 aromatic rings. The molecule has 1 heterocycles. The first kappa shape index (κ1) is 16.9. The molecule has 0 aliphatic carbocycles. The van der Waals surface area contributed by atoms with Crippen LogP contribution in [0.15, 0.2) is 48.5 Å². The van der Waals surface area contributed by atoms with Gasteiger partial charge in [-0.15, -0.1) is 0 Å². The second-order valence-electron chi connectivity index (χ2n) is 5.86. The van der Waals surface area contributed by atoms with Crippen molar-refractivity contribution in [2.75, 3.05) is 6.61 Å². The molecular weight excluding hydrogens is 320 g/mol. The quantitative estimate of drug-likeness (QED) is 0.486. The Morgan fingerprint density at radius 1 is 1.16 bits per heavy atom. The number of carbonyl (C=O) groups excluding carboxylic acids is 3. The Morgan fingerprint density at radius 2 is 1.88 bits per heavy atom. The number of esters is 2. The van der Waals surface area contributed by atoms with Crippen LogP contribution in [-0.4, -0.2) is 24.3 Å². The number of carbonyl (C=O) groups is 3. The Labute approximate surface area is 145 Å². The molecule has 2 aromatic carbocycles. The minimum atomic E-state index is -0.956. The van der Waals surface area contributed by atoms with Gasteiger partial charge < -0.3 is 9.47 Å². The van der Waals surface area contributed by atoms with Crippen LogP contribution < -0.4 is 4.74 Å². The Kier molecular flexibility index (Phi) is 4.65. The lowest BCUT2D eigenvalue weighted by Gasteiger charge is -2.23. The average Bonchev–Trinajstić information content (AvgIpc) is 2.61. The summed E-state index contributed by atoms with van der Waals surface area (Å²) in [5.74, 6) is -2.54. The maximum Gasteiger partial charge on any atom is 0.326 e.